The van der Waals surface area contributed by atoms with Gasteiger partial charge in [-0.15, -0.1) is 5.10 Å². The van der Waals surface area contributed by atoms with Crippen LogP contribution >= 0.6 is 11.5 Å². The highest BCUT2D eigenvalue weighted by atomic mass is 32.1. The first-order chi connectivity index (χ1) is 7.70. The van der Waals surface area contributed by atoms with Crippen LogP contribution in [0.15, 0.2) is 24.4 Å². The van der Waals surface area contributed by atoms with E-state index in [1.54, 1.807) is 6.20 Å². The largest absolute Gasteiger partial charge is 0.271 e. The van der Waals surface area contributed by atoms with E-state index in [1.165, 1.54) is 23.7 Å². The maximum atomic E-state index is 13.3. The molecule has 0 saturated heterocycles. The van der Waals surface area contributed by atoms with Crippen molar-refractivity contribution in [2.24, 2.45) is 5.84 Å². The van der Waals surface area contributed by atoms with Gasteiger partial charge in [-0.05, 0) is 41.7 Å². The Labute approximate surface area is 96.4 Å². The molecule has 1 aromatic heterocycles. The average molecular weight is 238 g/mol. The minimum atomic E-state index is -0.271. The zero-order valence-electron chi connectivity index (χ0n) is 8.64. The molecular formula is C10H11FN4S. The van der Waals surface area contributed by atoms with E-state index in [0.717, 1.165) is 16.0 Å². The zero-order valence-corrected chi connectivity index (χ0v) is 9.46. The summed E-state index contributed by atoms with van der Waals surface area (Å²) in [6.07, 6.45) is 1.62. The molecule has 16 heavy (non-hydrogen) atoms. The van der Waals surface area contributed by atoms with Gasteiger partial charge >= 0.3 is 0 Å². The van der Waals surface area contributed by atoms with E-state index in [2.05, 4.69) is 15.0 Å². The fourth-order valence-electron chi connectivity index (χ4n) is 1.58. The Bertz CT molecular complexity index is 451. The fourth-order valence-corrected chi connectivity index (χ4v) is 2.17. The Hall–Kier alpha value is -1.37. The summed E-state index contributed by atoms with van der Waals surface area (Å²) in [7, 11) is 0. The van der Waals surface area contributed by atoms with E-state index in [4.69, 9.17) is 5.84 Å². The number of hydrazine groups is 1. The summed E-state index contributed by atoms with van der Waals surface area (Å²) in [4.78, 5) is 0.854. The van der Waals surface area contributed by atoms with E-state index in [-0.39, 0.29) is 11.9 Å². The number of aromatic nitrogens is 2. The Morgan fingerprint density at radius 3 is 2.81 bits per heavy atom. The van der Waals surface area contributed by atoms with Crippen molar-refractivity contribution in [3.8, 4) is 0 Å². The molecule has 2 rings (SSSR count). The maximum absolute atomic E-state index is 13.3. The Morgan fingerprint density at radius 1 is 1.44 bits per heavy atom. The van der Waals surface area contributed by atoms with Crippen LogP contribution in [0.25, 0.3) is 0 Å². The number of benzene rings is 1. The summed E-state index contributed by atoms with van der Waals surface area (Å²) in [6, 6.07) is 4.54. The number of aryl methyl sites for hydroxylation is 1. The van der Waals surface area contributed by atoms with Crippen LogP contribution in [0, 0.1) is 12.7 Å². The van der Waals surface area contributed by atoms with E-state index < -0.39 is 0 Å². The van der Waals surface area contributed by atoms with Crippen molar-refractivity contribution >= 4 is 11.5 Å². The maximum Gasteiger partial charge on any atom is 0.123 e. The molecule has 4 nitrogen and oxygen atoms in total. The van der Waals surface area contributed by atoms with Crippen LogP contribution in [0.1, 0.15) is 22.0 Å². The highest BCUT2D eigenvalue weighted by molar-refractivity contribution is 7.05. The first-order valence-corrected chi connectivity index (χ1v) is 5.48. The molecule has 0 fully saturated rings. The summed E-state index contributed by atoms with van der Waals surface area (Å²) in [5.41, 5.74) is 4.26. The molecule has 1 atom stereocenters. The summed E-state index contributed by atoms with van der Waals surface area (Å²) in [6.45, 7) is 1.84. The van der Waals surface area contributed by atoms with Gasteiger partial charge in [0.2, 0.25) is 0 Å². The highest BCUT2D eigenvalue weighted by Crippen LogP contribution is 2.24. The smallest absolute Gasteiger partial charge is 0.123 e. The second-order valence-electron chi connectivity index (χ2n) is 3.48. The highest BCUT2D eigenvalue weighted by Gasteiger charge is 2.15. The third-order valence-corrected chi connectivity index (χ3v) is 2.96. The molecule has 84 valence electrons. The van der Waals surface area contributed by atoms with Crippen molar-refractivity contribution in [2.45, 2.75) is 13.0 Å². The molecule has 0 aliphatic heterocycles. The fraction of sp³-hybridized carbons (Fsp3) is 0.200. The molecule has 0 aliphatic rings. The molecule has 2 aromatic rings. The van der Waals surface area contributed by atoms with Crippen LogP contribution in [0.5, 0.6) is 0 Å². The summed E-state index contributed by atoms with van der Waals surface area (Å²) in [5.74, 6) is 5.20. The Kier molecular flexibility index (Phi) is 3.23. The summed E-state index contributed by atoms with van der Waals surface area (Å²) in [5, 5.41) is 3.74. The molecule has 3 N–H and O–H groups in total. The van der Waals surface area contributed by atoms with Gasteiger partial charge in [-0.1, -0.05) is 10.6 Å². The molecule has 0 spiro atoms. The number of nitrogens with two attached hydrogens (primary N) is 1. The first-order valence-electron chi connectivity index (χ1n) is 4.71. The van der Waals surface area contributed by atoms with E-state index in [9.17, 15) is 4.39 Å². The average Bonchev–Trinajstić information content (AvgIpc) is 2.70. The van der Waals surface area contributed by atoms with Crippen LogP contribution in [-0.4, -0.2) is 9.59 Å². The molecule has 0 amide bonds. The topological polar surface area (TPSA) is 63.8 Å². The number of hydrogen-bond donors (Lipinski definition) is 2. The van der Waals surface area contributed by atoms with Gasteiger partial charge in [-0.2, -0.15) is 0 Å². The van der Waals surface area contributed by atoms with Crippen molar-refractivity contribution in [3.05, 3.63) is 46.2 Å². The van der Waals surface area contributed by atoms with Gasteiger partial charge < -0.3 is 0 Å². The minimum absolute atomic E-state index is 0.269. The number of hydrogen-bond acceptors (Lipinski definition) is 5. The third kappa shape index (κ3) is 2.24. The van der Waals surface area contributed by atoms with Crippen molar-refractivity contribution in [2.75, 3.05) is 0 Å². The van der Waals surface area contributed by atoms with Gasteiger partial charge in [-0.3, -0.25) is 5.84 Å². The van der Waals surface area contributed by atoms with E-state index >= 15 is 0 Å². The molecular weight excluding hydrogens is 227 g/mol. The van der Waals surface area contributed by atoms with Crippen LogP contribution < -0.4 is 11.3 Å². The van der Waals surface area contributed by atoms with E-state index in [0.29, 0.717) is 0 Å². The van der Waals surface area contributed by atoms with Crippen LogP contribution in [0.2, 0.25) is 0 Å². The normalized spacial score (nSPS) is 12.7. The predicted molar refractivity (Wildman–Crippen MR) is 60.2 cm³/mol. The summed E-state index contributed by atoms with van der Waals surface area (Å²) < 4.78 is 17.0. The first kappa shape index (κ1) is 11.1. The lowest BCUT2D eigenvalue weighted by molar-refractivity contribution is 0.607. The Balaban J connectivity index is 2.41. The lowest BCUT2D eigenvalue weighted by Gasteiger charge is -2.14. The van der Waals surface area contributed by atoms with Crippen LogP contribution in [0.4, 0.5) is 4.39 Å². The lowest BCUT2D eigenvalue weighted by atomic mass is 10.0. The van der Waals surface area contributed by atoms with Gasteiger partial charge in [0.15, 0.2) is 0 Å². The minimum Gasteiger partial charge on any atom is -0.271 e. The van der Waals surface area contributed by atoms with Crippen LogP contribution in [0.3, 0.4) is 0 Å². The number of rotatable bonds is 3. The van der Waals surface area contributed by atoms with Gasteiger partial charge in [0.25, 0.3) is 0 Å². The molecule has 0 bridgehead atoms. The SMILES string of the molecule is Cc1cc(F)cc(C(NN)c2cnns2)c1. The van der Waals surface area contributed by atoms with Crippen molar-refractivity contribution in [3.63, 3.8) is 0 Å². The predicted octanol–water partition coefficient (Wildman–Crippen LogP) is 1.54. The van der Waals surface area contributed by atoms with Gasteiger partial charge in [0, 0.05) is 0 Å². The van der Waals surface area contributed by atoms with Gasteiger partial charge in [0.05, 0.1) is 17.1 Å². The van der Waals surface area contributed by atoms with Gasteiger partial charge in [0.1, 0.15) is 5.82 Å². The molecule has 6 heteroatoms. The lowest BCUT2D eigenvalue weighted by Crippen LogP contribution is -2.28. The number of halogens is 1. The second kappa shape index (κ2) is 4.65. The quantitative estimate of drug-likeness (QED) is 0.629. The number of nitrogens with zero attached hydrogens (tertiary/aromatic N) is 2. The van der Waals surface area contributed by atoms with Crippen molar-refractivity contribution in [1.82, 2.24) is 15.0 Å². The molecule has 1 heterocycles. The Morgan fingerprint density at radius 2 is 2.25 bits per heavy atom. The van der Waals surface area contributed by atoms with E-state index in [1.807, 2.05) is 13.0 Å². The summed E-state index contributed by atoms with van der Waals surface area (Å²) >= 11 is 1.24. The third-order valence-electron chi connectivity index (χ3n) is 2.23. The molecule has 0 aliphatic carbocycles. The van der Waals surface area contributed by atoms with Crippen molar-refractivity contribution < 1.29 is 4.39 Å². The number of nitrogens with one attached hydrogen (secondary N) is 1. The van der Waals surface area contributed by atoms with Crippen molar-refractivity contribution in [1.29, 1.82) is 0 Å². The monoisotopic (exact) mass is 238 g/mol. The standard InChI is InChI=1S/C10H11FN4S/c1-6-2-7(4-8(11)3-6)10(14-12)9-5-13-15-16-9/h2-5,10,14H,12H2,1H3. The van der Waals surface area contributed by atoms with Gasteiger partial charge in [-0.25, -0.2) is 9.82 Å². The zero-order chi connectivity index (χ0) is 11.5. The molecule has 1 aromatic carbocycles. The second-order valence-corrected chi connectivity index (χ2v) is 4.30. The molecule has 0 saturated carbocycles. The molecule has 1 unspecified atom stereocenters. The molecule has 0 radical (unpaired) electrons. The van der Waals surface area contributed by atoms with Crippen LogP contribution in [-0.2, 0) is 0 Å².